The Morgan fingerprint density at radius 2 is 1.76 bits per heavy atom. The molecule has 1 fully saturated rings. The lowest BCUT2D eigenvalue weighted by molar-refractivity contribution is -0.116. The van der Waals surface area contributed by atoms with E-state index in [1.54, 1.807) is 11.0 Å². The number of nitrogens with one attached hydrogen (secondary N) is 1. The lowest BCUT2D eigenvalue weighted by atomic mass is 9.97. The molecule has 4 rings (SSSR count). The van der Waals surface area contributed by atoms with Gasteiger partial charge in [-0.2, -0.15) is 0 Å². The lowest BCUT2D eigenvalue weighted by Crippen LogP contribution is -2.36. The average Bonchev–Trinajstić information content (AvgIpc) is 2.68. The fraction of sp³-hybridized carbons (Fsp3) is 0.381. The zero-order valence-corrected chi connectivity index (χ0v) is 16.4. The quantitative estimate of drug-likeness (QED) is 0.756. The molecule has 0 aromatic heterocycles. The molecule has 2 aliphatic heterocycles. The number of fused-ring (bicyclic) bond motifs is 1. The van der Waals surface area contributed by atoms with E-state index in [0.717, 1.165) is 12.1 Å². The second kappa shape index (κ2) is 8.14. The molecule has 0 saturated carbocycles. The van der Waals surface area contributed by atoms with Gasteiger partial charge in [0.1, 0.15) is 17.3 Å². The Morgan fingerprint density at radius 3 is 2.45 bits per heavy atom. The van der Waals surface area contributed by atoms with Gasteiger partial charge in [0.05, 0.1) is 12.3 Å². The zero-order valence-electron chi connectivity index (χ0n) is 15.6. The van der Waals surface area contributed by atoms with Crippen LogP contribution in [0.4, 0.5) is 24.5 Å². The first-order chi connectivity index (χ1) is 13.9. The predicted molar refractivity (Wildman–Crippen MR) is 105 cm³/mol. The molecule has 29 heavy (non-hydrogen) atoms. The normalized spacial score (nSPS) is 17.1. The fourth-order valence-electron chi connectivity index (χ4n) is 3.93. The third-order valence-corrected chi connectivity index (χ3v) is 5.69. The molecule has 0 radical (unpaired) electrons. The molecule has 1 N–H and O–H groups in total. The second-order valence-corrected chi connectivity index (χ2v) is 7.84. The molecule has 8 heteroatoms. The van der Waals surface area contributed by atoms with E-state index >= 15 is 0 Å². The number of carbonyl (C=O) groups excluding carboxylic acids is 1. The van der Waals surface area contributed by atoms with Gasteiger partial charge in [-0.1, -0.05) is 11.6 Å². The molecule has 0 bridgehead atoms. The van der Waals surface area contributed by atoms with Gasteiger partial charge >= 0.3 is 0 Å². The van der Waals surface area contributed by atoms with Gasteiger partial charge < -0.3 is 15.0 Å². The van der Waals surface area contributed by atoms with Gasteiger partial charge in [0, 0.05) is 30.1 Å². The number of hydrogen-bond acceptors (Lipinski definition) is 3. The van der Waals surface area contributed by atoms with Crippen LogP contribution in [-0.4, -0.2) is 25.6 Å². The highest BCUT2D eigenvalue weighted by Crippen LogP contribution is 2.35. The van der Waals surface area contributed by atoms with Gasteiger partial charge in [0.2, 0.25) is 5.91 Å². The monoisotopic (exact) mass is 424 g/mol. The van der Waals surface area contributed by atoms with Gasteiger partial charge in [0.15, 0.2) is 11.6 Å². The fourth-order valence-corrected chi connectivity index (χ4v) is 4.12. The van der Waals surface area contributed by atoms with Gasteiger partial charge in [-0.15, -0.1) is 0 Å². The molecule has 0 aliphatic carbocycles. The topological polar surface area (TPSA) is 41.6 Å². The summed E-state index contributed by atoms with van der Waals surface area (Å²) in [6, 6.07) is 5.10. The van der Waals surface area contributed by atoms with Crippen molar-refractivity contribution in [3.05, 3.63) is 52.3 Å². The number of rotatable bonds is 4. The van der Waals surface area contributed by atoms with E-state index in [4.69, 9.17) is 16.3 Å². The van der Waals surface area contributed by atoms with Crippen molar-refractivity contribution in [2.24, 2.45) is 5.92 Å². The largest absolute Gasteiger partial charge is 0.493 e. The number of halogens is 4. The molecule has 1 amide bonds. The first-order valence-corrected chi connectivity index (χ1v) is 9.93. The summed E-state index contributed by atoms with van der Waals surface area (Å²) in [6.45, 7) is 1.42. The van der Waals surface area contributed by atoms with Crippen LogP contribution in [0.3, 0.4) is 0 Å². The van der Waals surface area contributed by atoms with Crippen LogP contribution in [0, 0.1) is 23.4 Å². The Bertz CT molecular complexity index is 923. The summed E-state index contributed by atoms with van der Waals surface area (Å²) in [4.78, 5) is 13.2. The molecule has 154 valence electrons. The second-order valence-electron chi connectivity index (χ2n) is 7.41. The van der Waals surface area contributed by atoms with Crippen LogP contribution < -0.4 is 15.0 Å². The van der Waals surface area contributed by atoms with E-state index in [-0.39, 0.29) is 28.2 Å². The van der Waals surface area contributed by atoms with E-state index in [1.807, 2.05) is 0 Å². The van der Waals surface area contributed by atoms with Gasteiger partial charge in [0.25, 0.3) is 0 Å². The maximum Gasteiger partial charge on any atom is 0.224 e. The highest BCUT2D eigenvalue weighted by Gasteiger charge is 2.26. The molecule has 0 atom stereocenters. The Labute approximate surface area is 171 Å². The van der Waals surface area contributed by atoms with Gasteiger partial charge in [-0.05, 0) is 49.4 Å². The van der Waals surface area contributed by atoms with Crippen molar-refractivity contribution in [2.45, 2.75) is 25.7 Å². The standard InChI is InChI=1S/C21H20ClF3N2O2/c22-13-9-16(24)21(17(25)10-13)27-7-5-12(6-8-27)11-29-18-3-2-15(23)20-14(18)1-4-19(28)26-20/h2-3,9-10,12H,1,4-8,11H2,(H,26,28). The lowest BCUT2D eigenvalue weighted by Gasteiger charge is -2.34. The minimum absolute atomic E-state index is 0.0332. The van der Waals surface area contributed by atoms with Crippen molar-refractivity contribution in [1.29, 1.82) is 0 Å². The van der Waals surface area contributed by atoms with Crippen LogP contribution in [-0.2, 0) is 11.2 Å². The van der Waals surface area contributed by atoms with Crippen LogP contribution in [0.25, 0.3) is 0 Å². The van der Waals surface area contributed by atoms with E-state index in [0.29, 0.717) is 56.7 Å². The summed E-state index contributed by atoms with van der Waals surface area (Å²) in [5, 5.41) is 2.60. The van der Waals surface area contributed by atoms with Crippen molar-refractivity contribution < 1.29 is 22.7 Å². The van der Waals surface area contributed by atoms with Crippen molar-refractivity contribution in [2.75, 3.05) is 29.9 Å². The van der Waals surface area contributed by atoms with Crippen molar-refractivity contribution in [3.8, 4) is 5.75 Å². The summed E-state index contributed by atoms with van der Waals surface area (Å²) in [5.74, 6) is -1.22. The average molecular weight is 425 g/mol. The van der Waals surface area contributed by atoms with Gasteiger partial charge in [-0.25, -0.2) is 13.2 Å². The first-order valence-electron chi connectivity index (χ1n) is 9.56. The van der Waals surface area contributed by atoms with Crippen LogP contribution in [0.15, 0.2) is 24.3 Å². The van der Waals surface area contributed by atoms with E-state index in [2.05, 4.69) is 5.32 Å². The Kier molecular flexibility index (Phi) is 5.58. The molecular formula is C21H20ClF3N2O2. The smallest absolute Gasteiger partial charge is 0.224 e. The SMILES string of the molecule is O=C1CCc2c(OCC3CCN(c4c(F)cc(Cl)cc4F)CC3)ccc(F)c2N1. The Balaban J connectivity index is 1.38. The number of amides is 1. The summed E-state index contributed by atoms with van der Waals surface area (Å²) >= 11 is 5.69. The summed E-state index contributed by atoms with van der Waals surface area (Å²) in [5.41, 5.74) is 0.826. The van der Waals surface area contributed by atoms with Crippen LogP contribution in [0.5, 0.6) is 5.75 Å². The van der Waals surface area contributed by atoms with Gasteiger partial charge in [-0.3, -0.25) is 4.79 Å². The van der Waals surface area contributed by atoms with Crippen LogP contribution in [0.2, 0.25) is 5.02 Å². The maximum atomic E-state index is 14.1. The number of carbonyl (C=O) groups is 1. The zero-order chi connectivity index (χ0) is 20.5. The maximum absolute atomic E-state index is 14.1. The third-order valence-electron chi connectivity index (χ3n) is 5.47. The highest BCUT2D eigenvalue weighted by molar-refractivity contribution is 6.30. The minimum atomic E-state index is -0.662. The van der Waals surface area contributed by atoms with E-state index < -0.39 is 17.5 Å². The summed E-state index contributed by atoms with van der Waals surface area (Å²) in [7, 11) is 0. The Hall–Kier alpha value is -2.41. The van der Waals surface area contributed by atoms with Crippen molar-refractivity contribution in [1.82, 2.24) is 0 Å². The number of hydrogen-bond donors (Lipinski definition) is 1. The number of piperidine rings is 1. The third kappa shape index (κ3) is 4.15. The molecule has 2 aliphatic rings. The molecule has 2 heterocycles. The number of ether oxygens (including phenoxy) is 1. The highest BCUT2D eigenvalue weighted by atomic mass is 35.5. The van der Waals surface area contributed by atoms with Crippen molar-refractivity contribution in [3.63, 3.8) is 0 Å². The molecule has 0 spiro atoms. The number of anilines is 2. The minimum Gasteiger partial charge on any atom is -0.493 e. The Morgan fingerprint density at radius 1 is 1.07 bits per heavy atom. The molecule has 4 nitrogen and oxygen atoms in total. The first kappa shape index (κ1) is 19.9. The summed E-state index contributed by atoms with van der Waals surface area (Å²) in [6.07, 6.45) is 2.15. The molecular weight excluding hydrogens is 405 g/mol. The molecule has 1 saturated heterocycles. The molecule has 2 aromatic rings. The molecule has 2 aromatic carbocycles. The van der Waals surface area contributed by atoms with Crippen LogP contribution in [0.1, 0.15) is 24.8 Å². The van der Waals surface area contributed by atoms with E-state index in [1.165, 1.54) is 6.07 Å². The van der Waals surface area contributed by atoms with E-state index in [9.17, 15) is 18.0 Å². The number of nitrogens with zero attached hydrogens (tertiary/aromatic N) is 1. The van der Waals surface area contributed by atoms with Crippen LogP contribution >= 0.6 is 11.6 Å². The molecule has 0 unspecified atom stereocenters. The number of benzene rings is 2. The van der Waals surface area contributed by atoms with Crippen molar-refractivity contribution >= 4 is 28.9 Å². The summed E-state index contributed by atoms with van der Waals surface area (Å²) < 4.78 is 48.2. The predicted octanol–water partition coefficient (Wildman–Crippen LogP) is 4.94.